The molecule has 2 amide bonds. The van der Waals surface area contributed by atoms with E-state index in [4.69, 9.17) is 0 Å². The van der Waals surface area contributed by atoms with Gasteiger partial charge in [-0.3, -0.25) is 14.9 Å². The number of amides is 2. The molecule has 1 aromatic heterocycles. The maximum absolute atomic E-state index is 12.9. The SMILES string of the molecule is Cc1ccc(-c2nc3n(n2)[C@H](C(=O)Nc2ccc(C)cc2C)CC(=O)N3)cc1. The average Bonchev–Trinajstić information content (AvgIpc) is 3.07. The van der Waals surface area contributed by atoms with E-state index in [2.05, 4.69) is 20.7 Å². The lowest BCUT2D eigenvalue weighted by molar-refractivity contribution is -0.125. The number of nitrogens with one attached hydrogen (secondary N) is 2. The highest BCUT2D eigenvalue weighted by Crippen LogP contribution is 2.28. The van der Waals surface area contributed by atoms with Gasteiger partial charge < -0.3 is 5.32 Å². The van der Waals surface area contributed by atoms with Crippen LogP contribution in [0, 0.1) is 20.8 Å². The zero-order chi connectivity index (χ0) is 19.8. The number of carbonyl (C=O) groups excluding carboxylic acids is 2. The van der Waals surface area contributed by atoms with E-state index in [0.717, 1.165) is 27.9 Å². The van der Waals surface area contributed by atoms with Crippen molar-refractivity contribution in [3.05, 3.63) is 59.2 Å². The van der Waals surface area contributed by atoms with Gasteiger partial charge in [-0.1, -0.05) is 47.5 Å². The Kier molecular flexibility index (Phi) is 4.43. The second kappa shape index (κ2) is 6.92. The number of anilines is 2. The third kappa shape index (κ3) is 3.38. The molecule has 0 fully saturated rings. The van der Waals surface area contributed by atoms with Gasteiger partial charge in [0.05, 0.1) is 6.42 Å². The summed E-state index contributed by atoms with van der Waals surface area (Å²) in [7, 11) is 0. The molecule has 0 saturated heterocycles. The minimum Gasteiger partial charge on any atom is -0.324 e. The number of nitrogens with zero attached hydrogens (tertiary/aromatic N) is 3. The van der Waals surface area contributed by atoms with Crippen molar-refractivity contribution in [3.8, 4) is 11.4 Å². The third-order valence-electron chi connectivity index (χ3n) is 4.81. The summed E-state index contributed by atoms with van der Waals surface area (Å²) in [4.78, 5) is 29.5. The van der Waals surface area contributed by atoms with Crippen molar-refractivity contribution in [1.82, 2.24) is 14.8 Å². The van der Waals surface area contributed by atoms with Gasteiger partial charge in [0.1, 0.15) is 6.04 Å². The fourth-order valence-corrected chi connectivity index (χ4v) is 3.26. The van der Waals surface area contributed by atoms with Crippen LogP contribution in [-0.2, 0) is 9.59 Å². The van der Waals surface area contributed by atoms with E-state index in [9.17, 15) is 9.59 Å². The van der Waals surface area contributed by atoms with Crippen LogP contribution in [-0.4, -0.2) is 26.6 Å². The minimum atomic E-state index is -0.754. The van der Waals surface area contributed by atoms with E-state index < -0.39 is 6.04 Å². The molecule has 4 rings (SSSR count). The summed E-state index contributed by atoms with van der Waals surface area (Å²) >= 11 is 0. The number of rotatable bonds is 3. The second-order valence-electron chi connectivity index (χ2n) is 7.15. The van der Waals surface area contributed by atoms with Crippen molar-refractivity contribution < 1.29 is 9.59 Å². The number of fused-ring (bicyclic) bond motifs is 1. The fraction of sp³-hybridized carbons (Fsp3) is 0.238. The van der Waals surface area contributed by atoms with E-state index >= 15 is 0 Å². The molecule has 3 aromatic rings. The Morgan fingerprint density at radius 3 is 2.54 bits per heavy atom. The fourth-order valence-electron chi connectivity index (χ4n) is 3.26. The summed E-state index contributed by atoms with van der Waals surface area (Å²) in [5.74, 6) is 0.216. The van der Waals surface area contributed by atoms with Gasteiger partial charge in [-0.2, -0.15) is 4.98 Å². The molecule has 142 valence electrons. The highest BCUT2D eigenvalue weighted by Gasteiger charge is 2.33. The summed E-state index contributed by atoms with van der Waals surface area (Å²) in [6.45, 7) is 5.94. The zero-order valence-corrected chi connectivity index (χ0v) is 16.0. The highest BCUT2D eigenvalue weighted by molar-refractivity contribution is 6.01. The number of aromatic nitrogens is 3. The first-order valence-corrected chi connectivity index (χ1v) is 9.12. The average molecular weight is 375 g/mol. The lowest BCUT2D eigenvalue weighted by atomic mass is 10.1. The Balaban J connectivity index is 1.65. The number of benzene rings is 2. The van der Waals surface area contributed by atoms with Gasteiger partial charge in [-0.15, -0.1) is 5.10 Å². The van der Waals surface area contributed by atoms with Gasteiger partial charge >= 0.3 is 0 Å². The van der Waals surface area contributed by atoms with Crippen LogP contribution in [0.3, 0.4) is 0 Å². The molecular formula is C21H21N5O2. The lowest BCUT2D eigenvalue weighted by Crippen LogP contribution is -2.36. The zero-order valence-electron chi connectivity index (χ0n) is 16.0. The molecular weight excluding hydrogens is 354 g/mol. The summed E-state index contributed by atoms with van der Waals surface area (Å²) in [5.41, 5.74) is 4.77. The first kappa shape index (κ1) is 17.9. The van der Waals surface area contributed by atoms with Crippen molar-refractivity contribution in [2.75, 3.05) is 10.6 Å². The molecule has 1 aliphatic heterocycles. The largest absolute Gasteiger partial charge is 0.324 e. The van der Waals surface area contributed by atoms with Crippen LogP contribution in [0.25, 0.3) is 11.4 Å². The molecule has 1 aliphatic rings. The summed E-state index contributed by atoms with van der Waals surface area (Å²) in [5, 5.41) is 10.1. The number of aryl methyl sites for hydroxylation is 3. The number of hydrogen-bond acceptors (Lipinski definition) is 4. The van der Waals surface area contributed by atoms with E-state index in [1.807, 2.05) is 63.2 Å². The van der Waals surface area contributed by atoms with E-state index in [0.29, 0.717) is 5.82 Å². The predicted molar refractivity (Wildman–Crippen MR) is 107 cm³/mol. The Bertz CT molecular complexity index is 1070. The molecule has 0 bridgehead atoms. The van der Waals surface area contributed by atoms with Crippen molar-refractivity contribution in [1.29, 1.82) is 0 Å². The minimum absolute atomic E-state index is 0.0143. The van der Waals surface area contributed by atoms with Crippen molar-refractivity contribution >= 4 is 23.5 Å². The van der Waals surface area contributed by atoms with Gasteiger partial charge in [0, 0.05) is 11.3 Å². The molecule has 2 aromatic carbocycles. The molecule has 7 nitrogen and oxygen atoms in total. The third-order valence-corrected chi connectivity index (χ3v) is 4.81. The van der Waals surface area contributed by atoms with E-state index in [-0.39, 0.29) is 24.2 Å². The van der Waals surface area contributed by atoms with Crippen LogP contribution < -0.4 is 10.6 Å². The smallest absolute Gasteiger partial charge is 0.249 e. The molecule has 1 atom stereocenters. The van der Waals surface area contributed by atoms with Gasteiger partial charge in [-0.05, 0) is 32.4 Å². The number of carbonyl (C=O) groups is 2. The first-order valence-electron chi connectivity index (χ1n) is 9.12. The molecule has 0 aliphatic carbocycles. The summed E-state index contributed by atoms with van der Waals surface area (Å²) in [6.07, 6.45) is 0.0143. The Morgan fingerprint density at radius 2 is 1.82 bits per heavy atom. The molecule has 7 heteroatoms. The van der Waals surface area contributed by atoms with Crippen molar-refractivity contribution in [2.45, 2.75) is 33.2 Å². The highest BCUT2D eigenvalue weighted by atomic mass is 16.2. The van der Waals surface area contributed by atoms with Gasteiger partial charge in [0.25, 0.3) is 0 Å². The monoisotopic (exact) mass is 375 g/mol. The Hall–Kier alpha value is -3.48. The van der Waals surface area contributed by atoms with Gasteiger partial charge in [0.2, 0.25) is 17.8 Å². The van der Waals surface area contributed by atoms with Gasteiger partial charge in [0.15, 0.2) is 5.82 Å². The maximum Gasteiger partial charge on any atom is 0.249 e. The standard InChI is InChI=1S/C21H21N5O2/c1-12-4-7-15(8-5-12)19-24-21-23-18(27)11-17(26(21)25-19)20(28)22-16-9-6-13(2)10-14(16)3/h4-10,17H,11H2,1-3H3,(H,22,28)(H,23,24,25,27)/t17-/m0/s1. The van der Waals surface area contributed by atoms with Crippen molar-refractivity contribution in [3.63, 3.8) is 0 Å². The molecule has 2 N–H and O–H groups in total. The van der Waals surface area contributed by atoms with E-state index in [1.54, 1.807) is 0 Å². The van der Waals surface area contributed by atoms with E-state index in [1.165, 1.54) is 4.68 Å². The van der Waals surface area contributed by atoms with Crippen LogP contribution in [0.5, 0.6) is 0 Å². The molecule has 0 spiro atoms. The quantitative estimate of drug-likeness (QED) is 0.734. The van der Waals surface area contributed by atoms with Crippen LogP contribution in [0.2, 0.25) is 0 Å². The molecule has 2 heterocycles. The lowest BCUT2D eigenvalue weighted by Gasteiger charge is -2.22. The maximum atomic E-state index is 12.9. The molecule has 0 unspecified atom stereocenters. The Morgan fingerprint density at radius 1 is 1.11 bits per heavy atom. The summed E-state index contributed by atoms with van der Waals surface area (Å²) in [6, 6.07) is 12.8. The molecule has 0 radical (unpaired) electrons. The molecule has 28 heavy (non-hydrogen) atoms. The topological polar surface area (TPSA) is 88.9 Å². The van der Waals surface area contributed by atoms with Crippen LogP contribution >= 0.6 is 0 Å². The Labute approximate surface area is 162 Å². The van der Waals surface area contributed by atoms with Crippen LogP contribution in [0.4, 0.5) is 11.6 Å². The number of hydrogen-bond donors (Lipinski definition) is 2. The predicted octanol–water partition coefficient (Wildman–Crippen LogP) is 3.39. The molecule has 0 saturated carbocycles. The van der Waals surface area contributed by atoms with Crippen molar-refractivity contribution in [2.24, 2.45) is 0 Å². The van der Waals surface area contributed by atoms with Gasteiger partial charge in [-0.25, -0.2) is 4.68 Å². The normalized spacial score (nSPS) is 15.7. The van der Waals surface area contributed by atoms with Crippen LogP contribution in [0.15, 0.2) is 42.5 Å². The first-order chi connectivity index (χ1) is 13.4. The van der Waals surface area contributed by atoms with Crippen LogP contribution in [0.1, 0.15) is 29.2 Å². The summed E-state index contributed by atoms with van der Waals surface area (Å²) < 4.78 is 1.50. The second-order valence-corrected chi connectivity index (χ2v) is 7.15.